The highest BCUT2D eigenvalue weighted by atomic mass is 32.2. The van der Waals surface area contributed by atoms with Gasteiger partial charge in [0, 0.05) is 24.7 Å². The van der Waals surface area contributed by atoms with E-state index in [1.165, 1.54) is 7.05 Å². The Kier molecular flexibility index (Phi) is 4.67. The van der Waals surface area contributed by atoms with Gasteiger partial charge in [0.05, 0.1) is 6.20 Å². The molecule has 1 aromatic heterocycles. The number of hydrogen-bond donors (Lipinski definition) is 2. The van der Waals surface area contributed by atoms with E-state index in [0.717, 1.165) is 17.8 Å². The van der Waals surface area contributed by atoms with Crippen molar-refractivity contribution in [1.82, 2.24) is 14.5 Å². The van der Waals surface area contributed by atoms with Crippen molar-refractivity contribution >= 4 is 16.0 Å². The molecule has 0 radical (unpaired) electrons. The summed E-state index contributed by atoms with van der Waals surface area (Å²) < 4.78 is 67.6. The molecule has 0 spiro atoms. The van der Waals surface area contributed by atoms with Gasteiger partial charge in [0.2, 0.25) is 10.0 Å². The van der Waals surface area contributed by atoms with Gasteiger partial charge in [-0.3, -0.25) is 4.68 Å². The number of aromatic carboxylic acids is 1. The topological polar surface area (TPSA) is 101 Å². The van der Waals surface area contributed by atoms with Crippen LogP contribution in [-0.4, -0.2) is 29.3 Å². The van der Waals surface area contributed by atoms with Crippen LogP contribution in [0.3, 0.4) is 0 Å². The van der Waals surface area contributed by atoms with Crippen LogP contribution < -0.4 is 4.72 Å². The lowest BCUT2D eigenvalue weighted by molar-refractivity contribution is 0.0680. The molecular weight excluding hydrogens is 351 g/mol. The van der Waals surface area contributed by atoms with Crippen LogP contribution in [0.25, 0.3) is 0 Å². The Balaban J connectivity index is 2.42. The second-order valence-electron chi connectivity index (χ2n) is 4.92. The molecule has 1 heterocycles. The van der Waals surface area contributed by atoms with E-state index in [2.05, 4.69) is 5.10 Å². The van der Waals surface area contributed by atoms with Crippen molar-refractivity contribution in [3.05, 3.63) is 47.0 Å². The summed E-state index contributed by atoms with van der Waals surface area (Å²) in [6, 6.07) is -0.390. The first-order valence-electron chi connectivity index (χ1n) is 6.46. The van der Waals surface area contributed by atoms with Crippen molar-refractivity contribution in [1.29, 1.82) is 0 Å². The second-order valence-corrected chi connectivity index (χ2v) is 6.60. The Morgan fingerprint density at radius 1 is 1.33 bits per heavy atom. The summed E-state index contributed by atoms with van der Waals surface area (Å²) in [6.07, 6.45) is 0.807. The molecule has 7 nitrogen and oxygen atoms in total. The first-order chi connectivity index (χ1) is 11.0. The fourth-order valence-corrected chi connectivity index (χ4v) is 3.49. The highest BCUT2D eigenvalue weighted by molar-refractivity contribution is 7.89. The van der Waals surface area contributed by atoms with Gasteiger partial charge in [0.25, 0.3) is 0 Å². The Morgan fingerprint density at radius 3 is 2.54 bits per heavy atom. The van der Waals surface area contributed by atoms with Crippen LogP contribution >= 0.6 is 0 Å². The average Bonchev–Trinajstić information content (AvgIpc) is 2.85. The SMILES string of the molecule is CC(NS(=O)(=O)c1cnn(C)c1C(=O)O)c1cc(F)cc(F)c1F. The van der Waals surface area contributed by atoms with Crippen molar-refractivity contribution < 1.29 is 31.5 Å². The maximum atomic E-state index is 13.7. The predicted octanol–water partition coefficient (Wildman–Crippen LogP) is 1.58. The minimum atomic E-state index is -4.43. The number of halogens is 3. The van der Waals surface area contributed by atoms with E-state index in [0.29, 0.717) is 12.1 Å². The molecule has 0 saturated carbocycles. The molecule has 1 aromatic carbocycles. The fraction of sp³-hybridized carbons (Fsp3) is 0.231. The molecule has 2 aromatic rings. The monoisotopic (exact) mass is 363 g/mol. The van der Waals surface area contributed by atoms with Crippen LogP contribution in [0.15, 0.2) is 23.2 Å². The number of rotatable bonds is 5. The number of carboxylic acid groups (broad SMARTS) is 1. The van der Waals surface area contributed by atoms with Crippen molar-refractivity contribution in [3.63, 3.8) is 0 Å². The van der Waals surface area contributed by atoms with Gasteiger partial charge in [0.1, 0.15) is 10.7 Å². The Labute approximate surface area is 134 Å². The Bertz CT molecular complexity index is 911. The van der Waals surface area contributed by atoms with Crippen LogP contribution in [-0.2, 0) is 17.1 Å². The molecule has 2 rings (SSSR count). The smallest absolute Gasteiger partial charge is 0.355 e. The first-order valence-corrected chi connectivity index (χ1v) is 7.95. The number of nitrogens with one attached hydrogen (secondary N) is 1. The number of aryl methyl sites for hydroxylation is 1. The number of carboxylic acids is 1. The van der Waals surface area contributed by atoms with Crippen molar-refractivity contribution in [3.8, 4) is 0 Å². The van der Waals surface area contributed by atoms with E-state index in [9.17, 15) is 26.4 Å². The third-order valence-corrected chi connectivity index (χ3v) is 4.76. The van der Waals surface area contributed by atoms with Gasteiger partial charge in [-0.05, 0) is 13.0 Å². The number of benzene rings is 1. The molecule has 0 bridgehead atoms. The van der Waals surface area contributed by atoms with Gasteiger partial charge in [-0.25, -0.2) is 31.1 Å². The molecule has 1 unspecified atom stereocenters. The van der Waals surface area contributed by atoms with Crippen LogP contribution in [0, 0.1) is 17.5 Å². The Hall–Kier alpha value is -2.40. The van der Waals surface area contributed by atoms with Gasteiger partial charge in [0.15, 0.2) is 17.3 Å². The molecule has 0 saturated heterocycles. The number of carbonyl (C=O) groups is 1. The zero-order valence-electron chi connectivity index (χ0n) is 12.4. The zero-order valence-corrected chi connectivity index (χ0v) is 13.2. The molecule has 0 amide bonds. The molecule has 130 valence electrons. The number of nitrogens with zero attached hydrogens (tertiary/aromatic N) is 2. The van der Waals surface area contributed by atoms with Gasteiger partial charge < -0.3 is 5.11 Å². The van der Waals surface area contributed by atoms with E-state index in [1.54, 1.807) is 0 Å². The minimum absolute atomic E-state index is 0.323. The van der Waals surface area contributed by atoms with E-state index >= 15 is 0 Å². The van der Waals surface area contributed by atoms with E-state index in [-0.39, 0.29) is 0 Å². The van der Waals surface area contributed by atoms with Crippen LogP contribution in [0.1, 0.15) is 29.0 Å². The third-order valence-electron chi connectivity index (χ3n) is 3.22. The van der Waals surface area contributed by atoms with Crippen LogP contribution in [0.4, 0.5) is 13.2 Å². The van der Waals surface area contributed by atoms with Gasteiger partial charge in [-0.1, -0.05) is 0 Å². The Morgan fingerprint density at radius 2 is 1.96 bits per heavy atom. The van der Waals surface area contributed by atoms with Crippen LogP contribution in [0.5, 0.6) is 0 Å². The quantitative estimate of drug-likeness (QED) is 0.786. The molecule has 0 aliphatic carbocycles. The maximum Gasteiger partial charge on any atom is 0.355 e. The summed E-state index contributed by atoms with van der Waals surface area (Å²) in [5, 5.41) is 12.6. The molecule has 11 heteroatoms. The highest BCUT2D eigenvalue weighted by Gasteiger charge is 2.29. The molecule has 24 heavy (non-hydrogen) atoms. The summed E-state index contributed by atoms with van der Waals surface area (Å²) in [5.74, 6) is -5.49. The van der Waals surface area contributed by atoms with Crippen molar-refractivity contribution in [2.75, 3.05) is 0 Å². The van der Waals surface area contributed by atoms with E-state index < -0.39 is 55.6 Å². The minimum Gasteiger partial charge on any atom is -0.476 e. The number of sulfonamides is 1. The summed E-state index contributed by atoms with van der Waals surface area (Å²) in [6.45, 7) is 1.16. The summed E-state index contributed by atoms with van der Waals surface area (Å²) >= 11 is 0. The van der Waals surface area contributed by atoms with Crippen LogP contribution in [0.2, 0.25) is 0 Å². The molecule has 0 aliphatic heterocycles. The van der Waals surface area contributed by atoms with E-state index in [1.807, 2.05) is 4.72 Å². The van der Waals surface area contributed by atoms with Crippen molar-refractivity contribution in [2.24, 2.45) is 7.05 Å². The number of hydrogen-bond acceptors (Lipinski definition) is 4. The van der Waals surface area contributed by atoms with Gasteiger partial charge in [-0.15, -0.1) is 0 Å². The number of aromatic nitrogens is 2. The lowest BCUT2D eigenvalue weighted by Crippen LogP contribution is -2.29. The van der Waals surface area contributed by atoms with Gasteiger partial charge >= 0.3 is 5.97 Å². The normalized spacial score (nSPS) is 13.0. The predicted molar refractivity (Wildman–Crippen MR) is 75.2 cm³/mol. The second kappa shape index (κ2) is 6.24. The molecule has 2 N–H and O–H groups in total. The lowest BCUT2D eigenvalue weighted by atomic mass is 10.1. The summed E-state index contributed by atoms with van der Waals surface area (Å²) in [7, 11) is -3.20. The lowest BCUT2D eigenvalue weighted by Gasteiger charge is -2.15. The third kappa shape index (κ3) is 3.26. The highest BCUT2D eigenvalue weighted by Crippen LogP contribution is 2.24. The fourth-order valence-electron chi connectivity index (χ4n) is 2.11. The standard InChI is InChI=1S/C13H12F3N3O4S/c1-6(8-3-7(14)4-9(15)11(8)16)18-24(22,23)10-5-17-19(2)12(10)13(20)21/h3-6,18H,1-2H3,(H,20,21). The largest absolute Gasteiger partial charge is 0.476 e. The molecule has 1 atom stereocenters. The molecular formula is C13H12F3N3O4S. The van der Waals surface area contributed by atoms with Gasteiger partial charge in [-0.2, -0.15) is 5.10 Å². The summed E-state index contributed by atoms with van der Waals surface area (Å²) in [5.41, 5.74) is -1.17. The molecule has 0 aliphatic rings. The van der Waals surface area contributed by atoms with Crippen molar-refractivity contribution in [2.45, 2.75) is 17.9 Å². The van der Waals surface area contributed by atoms with E-state index in [4.69, 9.17) is 5.11 Å². The maximum absolute atomic E-state index is 13.7. The summed E-state index contributed by atoms with van der Waals surface area (Å²) in [4.78, 5) is 10.5. The first kappa shape index (κ1) is 17.9. The average molecular weight is 363 g/mol. The molecule has 0 fully saturated rings. The zero-order chi connectivity index (χ0) is 18.2.